The number of benzene rings is 2. The topological polar surface area (TPSA) is 95.9 Å². The summed E-state index contributed by atoms with van der Waals surface area (Å²) < 4.78 is 41.8. The Balaban J connectivity index is 1.47. The number of rotatable bonds is 10. The molecule has 0 heterocycles. The summed E-state index contributed by atoms with van der Waals surface area (Å²) in [7, 11) is 0. The largest absolute Gasteiger partial charge is 0.573 e. The first-order valence-corrected chi connectivity index (χ1v) is 14.3. The summed E-state index contributed by atoms with van der Waals surface area (Å²) in [5, 5.41) is 11.3. The molecule has 222 valence electrons. The number of amides is 2. The van der Waals surface area contributed by atoms with Gasteiger partial charge < -0.3 is 20.1 Å². The molecule has 2 aromatic rings. The average Bonchev–Trinajstić information content (AvgIpc) is 2.96. The quantitative estimate of drug-likeness (QED) is 0.335. The zero-order chi connectivity index (χ0) is 29.4. The van der Waals surface area contributed by atoms with Crippen molar-refractivity contribution in [3.05, 3.63) is 65.2 Å². The number of carboxylic acid groups (broad SMARTS) is 1. The fourth-order valence-corrected chi connectivity index (χ4v) is 6.17. The number of carbonyl (C=O) groups is 3. The van der Waals surface area contributed by atoms with Crippen molar-refractivity contribution >= 4 is 17.8 Å². The highest BCUT2D eigenvalue weighted by atomic mass is 19.4. The SMILES string of the molecule is O=C(O)CCNC(=O)c1ccc(CN(C(=O)c2ccc(OC(F)(F)F)cc2)[C@H]2CC[C@@H](C3CCCCC3)CC2)cc1. The van der Waals surface area contributed by atoms with E-state index in [0.29, 0.717) is 18.0 Å². The van der Waals surface area contributed by atoms with Gasteiger partial charge in [0.15, 0.2) is 0 Å². The van der Waals surface area contributed by atoms with Gasteiger partial charge in [-0.15, -0.1) is 13.2 Å². The maximum absolute atomic E-state index is 13.7. The Morgan fingerprint density at radius 3 is 2.00 bits per heavy atom. The third kappa shape index (κ3) is 8.96. The summed E-state index contributed by atoms with van der Waals surface area (Å²) in [5.74, 6) is -0.606. The van der Waals surface area contributed by atoms with Crippen molar-refractivity contribution in [2.45, 2.75) is 83.2 Å². The van der Waals surface area contributed by atoms with Gasteiger partial charge in [-0.1, -0.05) is 44.2 Å². The molecule has 0 unspecified atom stereocenters. The normalized spacial score (nSPS) is 19.8. The highest BCUT2D eigenvalue weighted by Crippen LogP contribution is 2.40. The van der Waals surface area contributed by atoms with Crippen LogP contribution in [0, 0.1) is 11.8 Å². The molecule has 0 aromatic heterocycles. The van der Waals surface area contributed by atoms with Crippen molar-refractivity contribution in [2.24, 2.45) is 11.8 Å². The molecule has 0 aliphatic heterocycles. The van der Waals surface area contributed by atoms with Crippen LogP contribution < -0.4 is 10.1 Å². The molecule has 0 atom stereocenters. The Bertz CT molecular complexity index is 1170. The van der Waals surface area contributed by atoms with Crippen LogP contribution >= 0.6 is 0 Å². The molecule has 2 amide bonds. The lowest BCUT2D eigenvalue weighted by molar-refractivity contribution is -0.274. The number of carboxylic acids is 1. The molecule has 0 radical (unpaired) electrons. The van der Waals surface area contributed by atoms with Crippen molar-refractivity contribution in [2.75, 3.05) is 6.54 Å². The second kappa shape index (κ2) is 13.9. The first-order valence-electron chi connectivity index (χ1n) is 14.3. The van der Waals surface area contributed by atoms with Crippen LogP contribution in [0.5, 0.6) is 5.75 Å². The van der Waals surface area contributed by atoms with E-state index in [-0.39, 0.29) is 42.1 Å². The highest BCUT2D eigenvalue weighted by Gasteiger charge is 2.34. The number of alkyl halides is 3. The van der Waals surface area contributed by atoms with E-state index < -0.39 is 12.3 Å². The lowest BCUT2D eigenvalue weighted by atomic mass is 9.72. The summed E-state index contributed by atoms with van der Waals surface area (Å²) in [4.78, 5) is 38.5. The van der Waals surface area contributed by atoms with E-state index in [0.717, 1.165) is 49.3 Å². The van der Waals surface area contributed by atoms with E-state index in [2.05, 4.69) is 10.1 Å². The van der Waals surface area contributed by atoms with Gasteiger partial charge in [0, 0.05) is 30.3 Å². The Morgan fingerprint density at radius 1 is 0.829 bits per heavy atom. The predicted molar refractivity (Wildman–Crippen MR) is 146 cm³/mol. The highest BCUT2D eigenvalue weighted by molar-refractivity contribution is 5.95. The van der Waals surface area contributed by atoms with E-state index in [1.165, 1.54) is 44.2 Å². The van der Waals surface area contributed by atoms with Crippen LogP contribution in [0.2, 0.25) is 0 Å². The van der Waals surface area contributed by atoms with E-state index in [1.807, 2.05) is 0 Å². The lowest BCUT2D eigenvalue weighted by Gasteiger charge is -2.40. The monoisotopic (exact) mass is 574 g/mol. The zero-order valence-electron chi connectivity index (χ0n) is 23.0. The number of carbonyl (C=O) groups excluding carboxylic acids is 2. The number of halogens is 3. The number of nitrogens with zero attached hydrogens (tertiary/aromatic N) is 1. The van der Waals surface area contributed by atoms with Gasteiger partial charge in [0.05, 0.1) is 6.42 Å². The van der Waals surface area contributed by atoms with Crippen LogP contribution in [0.3, 0.4) is 0 Å². The molecule has 41 heavy (non-hydrogen) atoms. The summed E-state index contributed by atoms with van der Waals surface area (Å²) in [6.07, 6.45) is 5.29. The molecular formula is C31H37F3N2O5. The predicted octanol–water partition coefficient (Wildman–Crippen LogP) is 6.57. The Kier molecular flexibility index (Phi) is 10.3. The van der Waals surface area contributed by atoms with Gasteiger partial charge in [0.2, 0.25) is 0 Å². The van der Waals surface area contributed by atoms with Gasteiger partial charge in [-0.2, -0.15) is 0 Å². The van der Waals surface area contributed by atoms with Gasteiger partial charge in [-0.05, 0) is 79.5 Å². The fourth-order valence-electron chi connectivity index (χ4n) is 6.17. The van der Waals surface area contributed by atoms with E-state index >= 15 is 0 Å². The van der Waals surface area contributed by atoms with Gasteiger partial charge >= 0.3 is 12.3 Å². The minimum Gasteiger partial charge on any atom is -0.481 e. The second-order valence-electron chi connectivity index (χ2n) is 11.1. The molecule has 2 aliphatic rings. The van der Waals surface area contributed by atoms with E-state index in [1.54, 1.807) is 29.2 Å². The van der Waals surface area contributed by atoms with E-state index in [9.17, 15) is 27.6 Å². The molecule has 7 nitrogen and oxygen atoms in total. The summed E-state index contributed by atoms with van der Waals surface area (Å²) in [6.45, 7) is 0.313. The van der Waals surface area contributed by atoms with Crippen LogP contribution in [-0.4, -0.2) is 46.7 Å². The number of aliphatic carboxylic acids is 1. The smallest absolute Gasteiger partial charge is 0.481 e. The minimum absolute atomic E-state index is 0.00700. The van der Waals surface area contributed by atoms with Crippen molar-refractivity contribution in [1.29, 1.82) is 0 Å². The van der Waals surface area contributed by atoms with Gasteiger partial charge in [-0.25, -0.2) is 0 Å². The zero-order valence-corrected chi connectivity index (χ0v) is 23.0. The molecule has 0 saturated heterocycles. The van der Waals surface area contributed by atoms with Gasteiger partial charge in [0.25, 0.3) is 11.8 Å². The molecule has 2 saturated carbocycles. The van der Waals surface area contributed by atoms with Crippen LogP contribution in [0.1, 0.15) is 90.5 Å². The van der Waals surface area contributed by atoms with Crippen molar-refractivity contribution < 1.29 is 37.4 Å². The molecule has 2 aliphatic carbocycles. The lowest BCUT2D eigenvalue weighted by Crippen LogP contribution is -2.42. The maximum Gasteiger partial charge on any atom is 0.573 e. The number of hydrogen-bond donors (Lipinski definition) is 2. The standard InChI is InChI=1S/C31H37F3N2O5/c32-31(33,34)41-27-16-12-25(13-17-27)30(40)36(26-14-10-23(11-15-26)22-4-2-1-3-5-22)20-21-6-8-24(9-7-21)29(39)35-19-18-28(37)38/h6-9,12-13,16-17,22-23,26H,1-5,10-11,14-15,18-20H2,(H,35,39)(H,37,38)/t23-,26+. The third-order valence-electron chi connectivity index (χ3n) is 8.29. The van der Waals surface area contributed by atoms with Crippen molar-refractivity contribution in [1.82, 2.24) is 10.2 Å². The molecule has 10 heteroatoms. The van der Waals surface area contributed by atoms with Crippen LogP contribution in [0.25, 0.3) is 0 Å². The average molecular weight is 575 g/mol. The number of ether oxygens (including phenoxy) is 1. The van der Waals surface area contributed by atoms with E-state index in [4.69, 9.17) is 5.11 Å². The van der Waals surface area contributed by atoms with Gasteiger partial charge in [0.1, 0.15) is 5.75 Å². The third-order valence-corrected chi connectivity index (χ3v) is 8.29. The molecule has 0 bridgehead atoms. The Morgan fingerprint density at radius 2 is 1.41 bits per heavy atom. The molecule has 2 N–H and O–H groups in total. The van der Waals surface area contributed by atoms with Crippen molar-refractivity contribution in [3.63, 3.8) is 0 Å². The summed E-state index contributed by atoms with van der Waals surface area (Å²) in [6, 6.07) is 11.8. The van der Waals surface area contributed by atoms with Crippen LogP contribution in [0.4, 0.5) is 13.2 Å². The Labute approximate surface area is 238 Å². The number of hydrogen-bond acceptors (Lipinski definition) is 4. The summed E-state index contributed by atoms with van der Waals surface area (Å²) in [5.41, 5.74) is 1.47. The van der Waals surface area contributed by atoms with Crippen molar-refractivity contribution in [3.8, 4) is 5.75 Å². The molecule has 2 fully saturated rings. The van der Waals surface area contributed by atoms with Crippen LogP contribution in [-0.2, 0) is 11.3 Å². The fraction of sp³-hybridized carbons (Fsp3) is 0.516. The maximum atomic E-state index is 13.7. The molecule has 2 aromatic carbocycles. The second-order valence-corrected chi connectivity index (χ2v) is 11.1. The first-order chi connectivity index (χ1) is 19.6. The Hall–Kier alpha value is -3.56. The number of nitrogens with one attached hydrogen (secondary N) is 1. The molecule has 4 rings (SSSR count). The summed E-state index contributed by atoms with van der Waals surface area (Å²) >= 11 is 0. The molecular weight excluding hydrogens is 537 g/mol. The van der Waals surface area contributed by atoms with Gasteiger partial charge in [-0.3, -0.25) is 14.4 Å². The first kappa shape index (κ1) is 30.4. The minimum atomic E-state index is -4.81. The molecule has 0 spiro atoms. The van der Waals surface area contributed by atoms with Crippen LogP contribution in [0.15, 0.2) is 48.5 Å².